The van der Waals surface area contributed by atoms with Crippen LogP contribution in [0, 0.1) is 13.8 Å². The monoisotopic (exact) mass is 848 g/mol. The Balaban J connectivity index is 0.000000184. The predicted octanol–water partition coefficient (Wildman–Crippen LogP) is 8.64. The molecule has 5 N–H and O–H groups in total. The number of anilines is 2. The zero-order valence-corrected chi connectivity index (χ0v) is 35.2. The van der Waals surface area contributed by atoms with Crippen LogP contribution in [0.25, 0.3) is 21.8 Å². The number of nitrogens with one attached hydrogen (secondary N) is 3. The van der Waals surface area contributed by atoms with Gasteiger partial charge in [-0.3, -0.25) is 29.5 Å². The fourth-order valence-electron chi connectivity index (χ4n) is 6.65. The second-order valence-corrected chi connectivity index (χ2v) is 15.2. The lowest BCUT2D eigenvalue weighted by Crippen LogP contribution is -2.23. The van der Waals surface area contributed by atoms with Gasteiger partial charge in [0.1, 0.15) is 11.6 Å². The summed E-state index contributed by atoms with van der Waals surface area (Å²) in [6.45, 7) is 4.60. The molecular weight excluding hydrogens is 807 g/mol. The maximum atomic E-state index is 12.7. The number of halogens is 2. The Kier molecular flexibility index (Phi) is 13.4. The minimum atomic E-state index is -0.163. The number of benzene rings is 2. The summed E-state index contributed by atoms with van der Waals surface area (Å²) < 4.78 is 0. The number of carbonyl (C=O) groups is 2. The van der Waals surface area contributed by atoms with E-state index < -0.39 is 0 Å². The number of aromatic nitrogens is 6. The van der Waals surface area contributed by atoms with E-state index in [1.54, 1.807) is 43.0 Å². The van der Waals surface area contributed by atoms with E-state index in [2.05, 4.69) is 45.9 Å². The molecule has 0 atom stereocenters. The van der Waals surface area contributed by atoms with Crippen LogP contribution in [0.5, 0.6) is 0 Å². The summed E-state index contributed by atoms with van der Waals surface area (Å²) in [4.78, 5) is 51.4. The Hall–Kier alpha value is -7.02. The van der Waals surface area contributed by atoms with Crippen LogP contribution >= 0.6 is 23.2 Å². The third kappa shape index (κ3) is 11.2. The van der Waals surface area contributed by atoms with E-state index in [1.807, 2.05) is 99.8 Å². The molecule has 8 rings (SSSR count). The molecule has 0 fully saturated rings. The highest BCUT2D eigenvalue weighted by atomic mass is 35.5. The summed E-state index contributed by atoms with van der Waals surface area (Å²) in [5.41, 5.74) is 16.0. The summed E-state index contributed by atoms with van der Waals surface area (Å²) in [6.07, 6.45) is 7.80. The van der Waals surface area contributed by atoms with Crippen molar-refractivity contribution in [2.45, 2.75) is 39.8 Å². The van der Waals surface area contributed by atoms with Gasteiger partial charge in [0.05, 0.1) is 21.1 Å². The van der Waals surface area contributed by atoms with Crippen molar-refractivity contribution in [3.05, 3.63) is 188 Å². The molecule has 2 amide bonds. The third-order valence-corrected chi connectivity index (χ3v) is 10.3. The molecule has 0 aliphatic carbocycles. The number of nitrogens with zero attached hydrogens (tertiary/aromatic N) is 6. The molecule has 306 valence electrons. The van der Waals surface area contributed by atoms with Crippen LogP contribution < -0.4 is 21.7 Å². The first-order valence-corrected chi connectivity index (χ1v) is 20.2. The average Bonchev–Trinajstić information content (AvgIpc) is 3.25. The zero-order chi connectivity index (χ0) is 42.9. The summed E-state index contributed by atoms with van der Waals surface area (Å²) in [5, 5.41) is 12.1. The summed E-state index contributed by atoms with van der Waals surface area (Å²) >= 11 is 12.1. The van der Waals surface area contributed by atoms with Crippen LogP contribution in [0.2, 0.25) is 10.0 Å². The van der Waals surface area contributed by atoms with Crippen LogP contribution in [0.4, 0.5) is 11.6 Å². The number of hydrogen-bond donors (Lipinski definition) is 4. The largest absolute Gasteiger partial charge is 0.384 e. The molecule has 0 unspecified atom stereocenters. The van der Waals surface area contributed by atoms with Gasteiger partial charge in [-0.2, -0.15) is 0 Å². The second-order valence-electron chi connectivity index (χ2n) is 14.3. The molecule has 0 saturated carbocycles. The minimum absolute atomic E-state index is 0.143. The summed E-state index contributed by atoms with van der Waals surface area (Å²) in [7, 11) is 1.83. The number of rotatable bonds is 11. The number of aryl methyl sites for hydroxylation is 2. The fourth-order valence-corrected chi connectivity index (χ4v) is 6.98. The number of amides is 2. The molecule has 14 heteroatoms. The van der Waals surface area contributed by atoms with Crippen LogP contribution in [-0.2, 0) is 25.9 Å². The van der Waals surface area contributed by atoms with E-state index in [9.17, 15) is 9.59 Å². The average molecular weight is 850 g/mol. The van der Waals surface area contributed by atoms with Crippen molar-refractivity contribution in [1.29, 1.82) is 0 Å². The quantitative estimate of drug-likeness (QED) is 0.0987. The molecule has 12 nitrogen and oxygen atoms in total. The lowest BCUT2D eigenvalue weighted by atomic mass is 10.0. The first-order chi connectivity index (χ1) is 29.5. The molecule has 0 aliphatic heterocycles. The lowest BCUT2D eigenvalue weighted by molar-refractivity contribution is 0.0942. The van der Waals surface area contributed by atoms with Crippen molar-refractivity contribution >= 4 is 68.5 Å². The second kappa shape index (κ2) is 19.4. The van der Waals surface area contributed by atoms with E-state index in [-0.39, 0.29) is 11.8 Å². The molecule has 0 bridgehead atoms. The minimum Gasteiger partial charge on any atom is -0.384 e. The van der Waals surface area contributed by atoms with Gasteiger partial charge in [-0.1, -0.05) is 47.5 Å². The Morgan fingerprint density at radius 3 is 1.56 bits per heavy atom. The highest BCUT2D eigenvalue weighted by molar-refractivity contribution is 6.31. The summed E-state index contributed by atoms with van der Waals surface area (Å²) in [5.74, 6) is 0.964. The molecular formula is C47H42Cl2N10O2. The highest BCUT2D eigenvalue weighted by Gasteiger charge is 2.12. The lowest BCUT2D eigenvalue weighted by Gasteiger charge is -2.10. The van der Waals surface area contributed by atoms with Crippen molar-refractivity contribution in [3.8, 4) is 0 Å². The van der Waals surface area contributed by atoms with Gasteiger partial charge >= 0.3 is 0 Å². The third-order valence-electron chi connectivity index (χ3n) is 9.90. The normalized spacial score (nSPS) is 10.8. The Morgan fingerprint density at radius 2 is 1.08 bits per heavy atom. The highest BCUT2D eigenvalue weighted by Crippen LogP contribution is 2.22. The van der Waals surface area contributed by atoms with Crippen LogP contribution in [0.15, 0.2) is 122 Å². The van der Waals surface area contributed by atoms with Gasteiger partial charge in [-0.25, -0.2) is 9.97 Å². The fraction of sp³-hybridized carbons (Fsp3) is 0.149. The van der Waals surface area contributed by atoms with Crippen molar-refractivity contribution in [2.24, 2.45) is 0 Å². The number of nitrogens with two attached hydrogens (primary N) is 1. The topological polar surface area (TPSA) is 174 Å². The molecule has 8 aromatic rings. The zero-order valence-electron chi connectivity index (χ0n) is 33.7. The smallest absolute Gasteiger partial charge is 0.251 e. The van der Waals surface area contributed by atoms with E-state index in [0.29, 0.717) is 52.9 Å². The molecule has 2 aromatic carbocycles. The maximum absolute atomic E-state index is 12.7. The molecule has 0 aliphatic rings. The molecule has 0 radical (unpaired) electrons. The standard InChI is InChI=1S/C24H22ClN5O.C23H20ClN5O/c1-15-18(4-6-23(26-2)30-15)13-29-24(31)17-7-8-27-21(12-17)10-16-3-5-22-19(9-16)11-20(25)14-28-22;1-14-17(3-5-22(25)29-14)12-28-23(30)16-6-7-26-20(11-16)9-15-2-4-21-18(8-15)10-19(24)13-27-21/h3-9,11-12,14H,10,13H2,1-2H3,(H,26,30)(H,29,31);2-8,10-11,13H,9,12H2,1H3,(H2,25,29)(H,28,30). The predicted molar refractivity (Wildman–Crippen MR) is 242 cm³/mol. The van der Waals surface area contributed by atoms with E-state index in [4.69, 9.17) is 28.9 Å². The van der Waals surface area contributed by atoms with Crippen LogP contribution in [0.1, 0.15) is 65.7 Å². The molecule has 6 heterocycles. The van der Waals surface area contributed by atoms with Gasteiger partial charge in [-0.05, 0) is 109 Å². The first kappa shape index (κ1) is 42.1. The number of fused-ring (bicyclic) bond motifs is 2. The van der Waals surface area contributed by atoms with Gasteiger partial charge in [0, 0.05) is 102 Å². The molecule has 0 saturated heterocycles. The van der Waals surface area contributed by atoms with Gasteiger partial charge < -0.3 is 21.7 Å². The number of pyridine rings is 6. The SMILES string of the molecule is CNc1ccc(CNC(=O)c2ccnc(Cc3ccc4ncc(Cl)cc4c3)c2)c(C)n1.Cc1nc(N)ccc1CNC(=O)c1ccnc(Cc2ccc3ncc(Cl)cc3c2)c1. The Morgan fingerprint density at radius 1 is 0.590 bits per heavy atom. The number of nitrogen functional groups attached to an aromatic ring is 1. The van der Waals surface area contributed by atoms with Crippen molar-refractivity contribution in [3.63, 3.8) is 0 Å². The van der Waals surface area contributed by atoms with Gasteiger partial charge in [0.2, 0.25) is 0 Å². The van der Waals surface area contributed by atoms with Gasteiger partial charge in [0.25, 0.3) is 11.8 Å². The van der Waals surface area contributed by atoms with Crippen LogP contribution in [-0.4, -0.2) is 48.8 Å². The van der Waals surface area contributed by atoms with Crippen molar-refractivity contribution in [2.75, 3.05) is 18.1 Å². The van der Waals surface area contributed by atoms with Crippen molar-refractivity contribution in [1.82, 2.24) is 40.5 Å². The van der Waals surface area contributed by atoms with Crippen LogP contribution in [0.3, 0.4) is 0 Å². The molecule has 61 heavy (non-hydrogen) atoms. The first-order valence-electron chi connectivity index (χ1n) is 19.4. The Bertz CT molecular complexity index is 2890. The summed E-state index contributed by atoms with van der Waals surface area (Å²) in [6, 6.07) is 30.3. The molecule has 6 aromatic heterocycles. The van der Waals surface area contributed by atoms with Gasteiger partial charge in [0.15, 0.2) is 0 Å². The number of carbonyl (C=O) groups excluding carboxylic acids is 2. The van der Waals surface area contributed by atoms with E-state index >= 15 is 0 Å². The van der Waals surface area contributed by atoms with Crippen molar-refractivity contribution < 1.29 is 9.59 Å². The van der Waals surface area contributed by atoms with E-state index in [1.165, 1.54) is 0 Å². The van der Waals surface area contributed by atoms with Gasteiger partial charge in [-0.15, -0.1) is 0 Å². The Labute approximate surface area is 363 Å². The molecule has 0 spiro atoms. The van der Waals surface area contributed by atoms with E-state index in [0.717, 1.165) is 72.7 Å². The number of hydrogen-bond acceptors (Lipinski definition) is 10. The maximum Gasteiger partial charge on any atom is 0.251 e.